The van der Waals surface area contributed by atoms with Crippen LogP contribution in [0.25, 0.3) is 0 Å². The summed E-state index contributed by atoms with van der Waals surface area (Å²) in [6, 6.07) is 2.06. The first kappa shape index (κ1) is 22.0. The molecule has 29 heavy (non-hydrogen) atoms. The molecule has 3 N–H and O–H groups in total. The summed E-state index contributed by atoms with van der Waals surface area (Å²) in [4.78, 5) is 16.1. The highest BCUT2D eigenvalue weighted by Crippen LogP contribution is 2.48. The van der Waals surface area contributed by atoms with Crippen LogP contribution in [0, 0.1) is 5.41 Å². The van der Waals surface area contributed by atoms with Crippen molar-refractivity contribution in [3.63, 3.8) is 0 Å². The van der Waals surface area contributed by atoms with E-state index in [4.69, 9.17) is 4.74 Å². The van der Waals surface area contributed by atoms with Gasteiger partial charge in [-0.25, -0.2) is 4.98 Å². The molecule has 162 valence electrons. The number of carbonyl (C=O) groups excluding carboxylic acids is 1. The van der Waals surface area contributed by atoms with Crippen LogP contribution in [0.5, 0.6) is 5.88 Å². The molecule has 1 aromatic rings. The van der Waals surface area contributed by atoms with Crippen molar-refractivity contribution >= 4 is 5.91 Å². The Kier molecular flexibility index (Phi) is 6.54. The van der Waals surface area contributed by atoms with Crippen LogP contribution in [-0.2, 0) is 11.2 Å². The largest absolute Gasteiger partial charge is 0.471 e. The van der Waals surface area contributed by atoms with Gasteiger partial charge < -0.3 is 20.5 Å². The van der Waals surface area contributed by atoms with Gasteiger partial charge in [0, 0.05) is 37.7 Å². The van der Waals surface area contributed by atoms with Gasteiger partial charge in [0.15, 0.2) is 0 Å². The number of aliphatic hydroxyl groups is 1. The van der Waals surface area contributed by atoms with E-state index < -0.39 is 6.10 Å². The van der Waals surface area contributed by atoms with Crippen molar-refractivity contribution in [1.82, 2.24) is 15.6 Å². The standard InChI is InChI=1S/C23H37N3O3/c1-6-18(26-15(2)27)20(28)14-24-19-12-23(8-7-9-23)29-21-17(19)10-16(13-25-21)11-22(3,4)5/h10,13,18-20,24,28H,6-9,11-12,14H2,1-5H3,(H,26,27)/t18-,19-,20+/m0/s1. The summed E-state index contributed by atoms with van der Waals surface area (Å²) in [6.07, 6.45) is 7.14. The number of amides is 1. The summed E-state index contributed by atoms with van der Waals surface area (Å²) >= 11 is 0. The first-order valence-corrected chi connectivity index (χ1v) is 11.0. The quantitative estimate of drug-likeness (QED) is 0.651. The Hall–Kier alpha value is -1.66. The molecule has 1 spiro atoms. The number of carbonyl (C=O) groups is 1. The fraction of sp³-hybridized carbons (Fsp3) is 0.739. The summed E-state index contributed by atoms with van der Waals surface area (Å²) in [5.74, 6) is 0.617. The maximum Gasteiger partial charge on any atom is 0.218 e. The van der Waals surface area contributed by atoms with Crippen LogP contribution < -0.4 is 15.4 Å². The molecule has 0 aromatic carbocycles. The zero-order valence-electron chi connectivity index (χ0n) is 18.5. The van der Waals surface area contributed by atoms with E-state index >= 15 is 0 Å². The van der Waals surface area contributed by atoms with E-state index in [-0.39, 0.29) is 29.0 Å². The molecule has 1 amide bonds. The van der Waals surface area contributed by atoms with E-state index in [2.05, 4.69) is 42.5 Å². The number of nitrogens with one attached hydrogen (secondary N) is 2. The van der Waals surface area contributed by atoms with Crippen LogP contribution >= 0.6 is 0 Å². The summed E-state index contributed by atoms with van der Waals surface area (Å²) in [6.45, 7) is 10.6. The van der Waals surface area contributed by atoms with E-state index in [1.54, 1.807) is 0 Å². The first-order chi connectivity index (χ1) is 13.6. The second-order valence-corrected chi connectivity index (χ2v) is 10.1. The normalized spacial score (nSPS) is 22.2. The molecule has 1 fully saturated rings. The van der Waals surface area contributed by atoms with E-state index in [0.717, 1.165) is 37.1 Å². The van der Waals surface area contributed by atoms with Gasteiger partial charge in [0.2, 0.25) is 11.8 Å². The molecular formula is C23H37N3O3. The van der Waals surface area contributed by atoms with Crippen molar-refractivity contribution in [1.29, 1.82) is 0 Å². The number of aliphatic hydroxyl groups excluding tert-OH is 1. The number of rotatable bonds is 7. The number of fused-ring (bicyclic) bond motifs is 1. The number of hydrogen-bond donors (Lipinski definition) is 3. The second-order valence-electron chi connectivity index (χ2n) is 10.1. The van der Waals surface area contributed by atoms with Crippen molar-refractivity contribution in [2.45, 2.75) is 96.9 Å². The van der Waals surface area contributed by atoms with Crippen molar-refractivity contribution in [2.75, 3.05) is 6.54 Å². The van der Waals surface area contributed by atoms with E-state index in [1.165, 1.54) is 18.9 Å². The number of aromatic nitrogens is 1. The number of pyridine rings is 1. The predicted molar refractivity (Wildman–Crippen MR) is 114 cm³/mol. The van der Waals surface area contributed by atoms with Crippen LogP contribution in [0.15, 0.2) is 12.3 Å². The molecule has 1 aliphatic heterocycles. The lowest BCUT2D eigenvalue weighted by atomic mass is 9.73. The average Bonchev–Trinajstić information content (AvgIpc) is 2.61. The Morgan fingerprint density at radius 1 is 1.41 bits per heavy atom. The van der Waals surface area contributed by atoms with Crippen molar-refractivity contribution in [3.8, 4) is 5.88 Å². The highest BCUT2D eigenvalue weighted by molar-refractivity contribution is 5.73. The number of ether oxygens (including phenoxy) is 1. The maximum atomic E-state index is 11.4. The maximum absolute atomic E-state index is 11.4. The van der Waals surface area contributed by atoms with Gasteiger partial charge in [0.05, 0.1) is 12.1 Å². The Bertz CT molecular complexity index is 725. The second kappa shape index (κ2) is 8.60. The Morgan fingerprint density at radius 3 is 2.69 bits per heavy atom. The Labute approximate surface area is 174 Å². The highest BCUT2D eigenvalue weighted by atomic mass is 16.5. The van der Waals surface area contributed by atoms with Gasteiger partial charge in [0.25, 0.3) is 0 Å². The molecule has 1 saturated carbocycles. The van der Waals surface area contributed by atoms with E-state index in [9.17, 15) is 9.90 Å². The smallest absolute Gasteiger partial charge is 0.218 e. The fourth-order valence-corrected chi connectivity index (χ4v) is 4.48. The lowest BCUT2D eigenvalue weighted by Gasteiger charge is -2.47. The van der Waals surface area contributed by atoms with Gasteiger partial charge in [-0.2, -0.15) is 0 Å². The van der Waals surface area contributed by atoms with Crippen LogP contribution in [0.2, 0.25) is 0 Å². The lowest BCUT2D eigenvalue weighted by Crippen LogP contribution is -2.51. The molecule has 6 heteroatoms. The number of hydrogen-bond acceptors (Lipinski definition) is 5. The molecular weight excluding hydrogens is 366 g/mol. The molecule has 1 aliphatic carbocycles. The highest BCUT2D eigenvalue weighted by Gasteiger charge is 2.46. The SMILES string of the molecule is CC[C@H](NC(C)=O)[C@H](O)CN[C@H]1CC2(CCC2)Oc2ncc(CC(C)(C)C)cc21. The fourth-order valence-electron chi connectivity index (χ4n) is 4.48. The molecule has 0 saturated heterocycles. The lowest BCUT2D eigenvalue weighted by molar-refractivity contribution is -0.120. The van der Waals surface area contributed by atoms with Gasteiger partial charge in [0.1, 0.15) is 5.60 Å². The van der Waals surface area contributed by atoms with Gasteiger partial charge in [-0.05, 0) is 49.1 Å². The topological polar surface area (TPSA) is 83.5 Å². The predicted octanol–water partition coefficient (Wildman–Crippen LogP) is 3.28. The average molecular weight is 404 g/mol. The van der Waals surface area contributed by atoms with Gasteiger partial charge in [-0.15, -0.1) is 0 Å². The molecule has 1 aromatic heterocycles. The molecule has 2 aliphatic rings. The van der Waals surface area contributed by atoms with E-state index in [1.807, 2.05) is 13.1 Å². The van der Waals surface area contributed by atoms with Crippen LogP contribution in [-0.4, -0.2) is 40.3 Å². The molecule has 0 radical (unpaired) electrons. The zero-order chi connectivity index (χ0) is 21.2. The van der Waals surface area contributed by atoms with Gasteiger partial charge >= 0.3 is 0 Å². The molecule has 0 unspecified atom stereocenters. The third-order valence-corrected chi connectivity index (χ3v) is 6.07. The van der Waals surface area contributed by atoms with Gasteiger partial charge in [-0.1, -0.05) is 27.7 Å². The molecule has 0 bridgehead atoms. The first-order valence-electron chi connectivity index (χ1n) is 11.0. The summed E-state index contributed by atoms with van der Waals surface area (Å²) in [5.41, 5.74) is 2.37. The summed E-state index contributed by atoms with van der Waals surface area (Å²) in [7, 11) is 0. The third-order valence-electron chi connectivity index (χ3n) is 6.07. The monoisotopic (exact) mass is 403 g/mol. The minimum atomic E-state index is -0.641. The molecule has 3 atom stereocenters. The van der Waals surface area contributed by atoms with Crippen LogP contribution in [0.1, 0.15) is 83.9 Å². The van der Waals surface area contributed by atoms with E-state index in [0.29, 0.717) is 13.0 Å². The minimum absolute atomic E-state index is 0.0935. The van der Waals surface area contributed by atoms with Gasteiger partial charge in [-0.3, -0.25) is 4.79 Å². The van der Waals surface area contributed by atoms with Crippen LogP contribution in [0.3, 0.4) is 0 Å². The Balaban J connectivity index is 1.76. The third kappa shape index (κ3) is 5.48. The van der Waals surface area contributed by atoms with Crippen LogP contribution in [0.4, 0.5) is 0 Å². The molecule has 2 heterocycles. The molecule has 3 rings (SSSR count). The zero-order valence-corrected chi connectivity index (χ0v) is 18.5. The van der Waals surface area contributed by atoms with Crippen molar-refractivity contribution in [3.05, 3.63) is 23.4 Å². The minimum Gasteiger partial charge on any atom is -0.471 e. The summed E-state index contributed by atoms with van der Waals surface area (Å²) in [5, 5.41) is 17.0. The number of nitrogens with zero attached hydrogens (tertiary/aromatic N) is 1. The van der Waals surface area contributed by atoms with Crippen molar-refractivity contribution < 1.29 is 14.6 Å². The summed E-state index contributed by atoms with van der Waals surface area (Å²) < 4.78 is 6.33. The Morgan fingerprint density at radius 2 is 2.14 bits per heavy atom. The molecule has 6 nitrogen and oxygen atoms in total. The van der Waals surface area contributed by atoms with Crippen molar-refractivity contribution in [2.24, 2.45) is 5.41 Å².